The van der Waals surface area contributed by atoms with Crippen LogP contribution in [0.5, 0.6) is 0 Å². The molecule has 2 heterocycles. The highest BCUT2D eigenvalue weighted by Crippen LogP contribution is 2.26. The number of carbonyl (C=O) groups is 1. The van der Waals surface area contributed by atoms with Gasteiger partial charge in [-0.3, -0.25) is 4.79 Å². The van der Waals surface area contributed by atoms with Crippen LogP contribution in [0.1, 0.15) is 25.5 Å². The standard InChI is InChI=1S/C18H20FNO4S/c1-18(10-11-25(22,23)12-18)20-17(21)9-7-13-6-8-16(24-13)14-4-2-3-5-15(14)19/h2-6,8H,7,9-12H2,1H3,(H,20,21)/t18-/m0/s1. The van der Waals surface area contributed by atoms with Crippen molar-refractivity contribution in [1.82, 2.24) is 5.32 Å². The molecule has 0 bridgehead atoms. The lowest BCUT2D eigenvalue weighted by Gasteiger charge is -2.23. The lowest BCUT2D eigenvalue weighted by molar-refractivity contribution is -0.122. The lowest BCUT2D eigenvalue weighted by Crippen LogP contribution is -2.46. The number of aryl methyl sites for hydroxylation is 1. The first kappa shape index (κ1) is 17.7. The highest BCUT2D eigenvalue weighted by Gasteiger charge is 2.39. The van der Waals surface area contributed by atoms with Crippen LogP contribution in [0.15, 0.2) is 40.8 Å². The molecule has 0 aliphatic carbocycles. The molecule has 1 amide bonds. The highest BCUT2D eigenvalue weighted by atomic mass is 32.2. The Bertz CT molecular complexity index is 890. The fourth-order valence-corrected chi connectivity index (χ4v) is 5.16. The monoisotopic (exact) mass is 365 g/mol. The number of benzene rings is 1. The second-order valence-corrected chi connectivity index (χ2v) is 8.88. The van der Waals surface area contributed by atoms with Gasteiger partial charge in [-0.15, -0.1) is 0 Å². The summed E-state index contributed by atoms with van der Waals surface area (Å²) in [4.78, 5) is 12.1. The zero-order valence-corrected chi connectivity index (χ0v) is 14.7. The molecule has 1 N–H and O–H groups in total. The number of furan rings is 1. The minimum absolute atomic E-state index is 0.0239. The summed E-state index contributed by atoms with van der Waals surface area (Å²) in [5.74, 6) is 0.498. The van der Waals surface area contributed by atoms with Gasteiger partial charge in [-0.2, -0.15) is 0 Å². The molecule has 134 valence electrons. The van der Waals surface area contributed by atoms with Crippen molar-refractivity contribution in [3.63, 3.8) is 0 Å². The average Bonchev–Trinajstić information content (AvgIpc) is 3.10. The first-order valence-electron chi connectivity index (χ1n) is 8.11. The molecule has 0 radical (unpaired) electrons. The lowest BCUT2D eigenvalue weighted by atomic mass is 10.0. The molecule has 1 aliphatic heterocycles. The normalized spacial score (nSPS) is 22.0. The van der Waals surface area contributed by atoms with E-state index >= 15 is 0 Å². The van der Waals surface area contributed by atoms with Gasteiger partial charge in [0.15, 0.2) is 9.84 Å². The summed E-state index contributed by atoms with van der Waals surface area (Å²) in [6, 6.07) is 9.72. The summed E-state index contributed by atoms with van der Waals surface area (Å²) in [6.45, 7) is 1.75. The van der Waals surface area contributed by atoms with Crippen LogP contribution in [0, 0.1) is 5.82 Å². The van der Waals surface area contributed by atoms with Crippen LogP contribution in [0.3, 0.4) is 0 Å². The maximum absolute atomic E-state index is 13.8. The number of sulfone groups is 1. The van der Waals surface area contributed by atoms with Gasteiger partial charge < -0.3 is 9.73 Å². The van der Waals surface area contributed by atoms with Gasteiger partial charge in [-0.25, -0.2) is 12.8 Å². The van der Waals surface area contributed by atoms with Gasteiger partial charge in [-0.05, 0) is 37.6 Å². The van der Waals surface area contributed by atoms with E-state index in [9.17, 15) is 17.6 Å². The summed E-state index contributed by atoms with van der Waals surface area (Å²) < 4.78 is 42.5. The van der Waals surface area contributed by atoms with Crippen LogP contribution < -0.4 is 5.32 Å². The Morgan fingerprint density at radius 2 is 2.04 bits per heavy atom. The van der Waals surface area contributed by atoms with E-state index in [2.05, 4.69) is 5.32 Å². The molecule has 5 nitrogen and oxygen atoms in total. The van der Waals surface area contributed by atoms with E-state index < -0.39 is 15.4 Å². The van der Waals surface area contributed by atoms with Gasteiger partial charge in [0.05, 0.1) is 22.6 Å². The molecule has 1 fully saturated rings. The molecule has 25 heavy (non-hydrogen) atoms. The third kappa shape index (κ3) is 4.28. The molecule has 0 saturated carbocycles. The Hall–Kier alpha value is -2.15. The number of halogens is 1. The van der Waals surface area contributed by atoms with Gasteiger partial charge in [0.2, 0.25) is 5.91 Å². The Kier molecular flexibility index (Phi) is 4.69. The van der Waals surface area contributed by atoms with E-state index in [0.717, 1.165) is 0 Å². The number of hydrogen-bond donors (Lipinski definition) is 1. The van der Waals surface area contributed by atoms with Crippen LogP contribution in [-0.2, 0) is 21.1 Å². The van der Waals surface area contributed by atoms with Gasteiger partial charge in [0, 0.05) is 12.8 Å². The Morgan fingerprint density at radius 1 is 1.28 bits per heavy atom. The van der Waals surface area contributed by atoms with E-state index in [-0.39, 0.29) is 29.7 Å². The molecule has 7 heteroatoms. The first-order valence-corrected chi connectivity index (χ1v) is 9.94. The summed E-state index contributed by atoms with van der Waals surface area (Å²) >= 11 is 0. The number of amides is 1. The number of carbonyl (C=O) groups excluding carboxylic acids is 1. The molecule has 1 aromatic heterocycles. The van der Waals surface area contributed by atoms with E-state index in [0.29, 0.717) is 29.9 Å². The van der Waals surface area contributed by atoms with E-state index in [1.54, 1.807) is 37.3 Å². The Morgan fingerprint density at radius 3 is 2.72 bits per heavy atom. The quantitative estimate of drug-likeness (QED) is 0.884. The van der Waals surface area contributed by atoms with E-state index in [1.165, 1.54) is 6.07 Å². The van der Waals surface area contributed by atoms with Crippen molar-refractivity contribution in [3.8, 4) is 11.3 Å². The second-order valence-electron chi connectivity index (χ2n) is 6.70. The summed E-state index contributed by atoms with van der Waals surface area (Å²) in [6.07, 6.45) is 0.974. The summed E-state index contributed by atoms with van der Waals surface area (Å²) in [5.41, 5.74) is -0.320. The molecule has 0 spiro atoms. The molecule has 1 aliphatic rings. The van der Waals surface area contributed by atoms with Crippen molar-refractivity contribution in [2.45, 2.75) is 31.7 Å². The van der Waals surface area contributed by atoms with Crippen LogP contribution in [0.2, 0.25) is 0 Å². The van der Waals surface area contributed by atoms with Crippen molar-refractivity contribution in [3.05, 3.63) is 48.0 Å². The third-order valence-electron chi connectivity index (χ3n) is 4.34. The predicted molar refractivity (Wildman–Crippen MR) is 92.2 cm³/mol. The minimum atomic E-state index is -3.07. The van der Waals surface area contributed by atoms with Crippen molar-refractivity contribution >= 4 is 15.7 Å². The molecular formula is C18H20FNO4S. The van der Waals surface area contributed by atoms with Crippen molar-refractivity contribution in [2.24, 2.45) is 0 Å². The van der Waals surface area contributed by atoms with Crippen LogP contribution in [0.4, 0.5) is 4.39 Å². The second kappa shape index (κ2) is 6.63. The number of rotatable bonds is 5. The molecule has 1 atom stereocenters. The highest BCUT2D eigenvalue weighted by molar-refractivity contribution is 7.91. The fraction of sp³-hybridized carbons (Fsp3) is 0.389. The van der Waals surface area contributed by atoms with Crippen LogP contribution >= 0.6 is 0 Å². The number of nitrogens with one attached hydrogen (secondary N) is 1. The van der Waals surface area contributed by atoms with Gasteiger partial charge in [0.1, 0.15) is 17.3 Å². The Labute approximate surface area is 146 Å². The van der Waals surface area contributed by atoms with Gasteiger partial charge in [-0.1, -0.05) is 12.1 Å². The van der Waals surface area contributed by atoms with Gasteiger partial charge >= 0.3 is 0 Å². The maximum atomic E-state index is 13.8. The molecule has 0 unspecified atom stereocenters. The van der Waals surface area contributed by atoms with Crippen molar-refractivity contribution in [2.75, 3.05) is 11.5 Å². The van der Waals surface area contributed by atoms with Crippen LogP contribution in [0.25, 0.3) is 11.3 Å². The number of hydrogen-bond acceptors (Lipinski definition) is 4. The minimum Gasteiger partial charge on any atom is -0.461 e. The summed E-state index contributed by atoms with van der Waals surface area (Å²) in [5, 5.41) is 2.81. The van der Waals surface area contributed by atoms with Crippen LogP contribution in [-0.4, -0.2) is 31.4 Å². The molecule has 1 aromatic carbocycles. The fourth-order valence-electron chi connectivity index (χ4n) is 3.06. The topological polar surface area (TPSA) is 76.4 Å². The smallest absolute Gasteiger partial charge is 0.220 e. The summed E-state index contributed by atoms with van der Waals surface area (Å²) in [7, 11) is -3.07. The SMILES string of the molecule is C[C@]1(NC(=O)CCc2ccc(-c3ccccc3F)o2)CCS(=O)(=O)C1. The molecule has 2 aromatic rings. The first-order chi connectivity index (χ1) is 11.8. The van der Waals surface area contributed by atoms with Crippen molar-refractivity contribution in [1.29, 1.82) is 0 Å². The average molecular weight is 365 g/mol. The van der Waals surface area contributed by atoms with Gasteiger partial charge in [0.25, 0.3) is 0 Å². The predicted octanol–water partition coefficient (Wildman–Crippen LogP) is 2.71. The largest absolute Gasteiger partial charge is 0.461 e. The Balaban J connectivity index is 1.58. The molecular weight excluding hydrogens is 345 g/mol. The molecule has 3 rings (SSSR count). The molecule has 1 saturated heterocycles. The van der Waals surface area contributed by atoms with Crippen molar-refractivity contribution < 1.29 is 22.0 Å². The maximum Gasteiger partial charge on any atom is 0.220 e. The zero-order valence-electron chi connectivity index (χ0n) is 13.9. The third-order valence-corrected chi connectivity index (χ3v) is 6.25. The zero-order chi connectivity index (χ0) is 18.1. The van der Waals surface area contributed by atoms with E-state index in [1.807, 2.05) is 0 Å². The van der Waals surface area contributed by atoms with E-state index in [4.69, 9.17) is 4.42 Å².